The van der Waals surface area contributed by atoms with Crippen molar-refractivity contribution in [3.63, 3.8) is 0 Å². The van der Waals surface area contributed by atoms with Crippen molar-refractivity contribution in [2.45, 2.75) is 259 Å². The standard InChI is InChI=1S/C42H86/c1-5-7-9-11-13-15-17-18-19-20-21-22-23-24-25-26-27-29-31-33-35-38-42(4)40-36-39-41(3)37-34-32-30-28-16-14-12-10-8-6-2/h41-42H,5-40H2,1-4H3. The van der Waals surface area contributed by atoms with E-state index in [2.05, 4.69) is 27.7 Å². The first-order valence-electron chi connectivity index (χ1n) is 20.7. The molecule has 0 radical (unpaired) electrons. The second-order valence-electron chi connectivity index (χ2n) is 15.0. The molecule has 0 N–H and O–H groups in total. The summed E-state index contributed by atoms with van der Waals surface area (Å²) >= 11 is 0. The van der Waals surface area contributed by atoms with Crippen LogP contribution in [-0.4, -0.2) is 0 Å². The van der Waals surface area contributed by atoms with E-state index in [0.717, 1.165) is 11.8 Å². The lowest BCUT2D eigenvalue weighted by Crippen LogP contribution is -1.99. The van der Waals surface area contributed by atoms with E-state index in [9.17, 15) is 0 Å². The van der Waals surface area contributed by atoms with Gasteiger partial charge in [-0.25, -0.2) is 0 Å². The molecule has 0 rings (SSSR count). The van der Waals surface area contributed by atoms with Crippen molar-refractivity contribution < 1.29 is 0 Å². The van der Waals surface area contributed by atoms with Crippen LogP contribution in [0.1, 0.15) is 259 Å². The maximum Gasteiger partial charge on any atom is -0.0443 e. The van der Waals surface area contributed by atoms with Gasteiger partial charge in [-0.3, -0.25) is 0 Å². The molecule has 0 aromatic carbocycles. The third-order valence-electron chi connectivity index (χ3n) is 10.2. The molecule has 2 unspecified atom stereocenters. The van der Waals surface area contributed by atoms with Crippen molar-refractivity contribution in [2.75, 3.05) is 0 Å². The monoisotopic (exact) mass is 591 g/mol. The zero-order valence-electron chi connectivity index (χ0n) is 30.6. The highest BCUT2D eigenvalue weighted by atomic mass is 14.1. The van der Waals surface area contributed by atoms with Gasteiger partial charge in [-0.1, -0.05) is 259 Å². The summed E-state index contributed by atoms with van der Waals surface area (Å²) in [6.45, 7) is 9.65. The molecular weight excluding hydrogens is 504 g/mol. The molecule has 0 heterocycles. The third kappa shape index (κ3) is 36.2. The van der Waals surface area contributed by atoms with Crippen molar-refractivity contribution in [2.24, 2.45) is 11.8 Å². The molecule has 0 spiro atoms. The summed E-state index contributed by atoms with van der Waals surface area (Å²) in [4.78, 5) is 0. The number of unbranched alkanes of at least 4 members (excludes halogenated alkanes) is 29. The Bertz CT molecular complexity index is 453. The number of hydrogen-bond donors (Lipinski definition) is 0. The van der Waals surface area contributed by atoms with E-state index >= 15 is 0 Å². The molecule has 0 aliphatic heterocycles. The Morgan fingerprint density at radius 3 is 0.595 bits per heavy atom. The minimum atomic E-state index is 0.954. The molecule has 254 valence electrons. The fourth-order valence-electron chi connectivity index (χ4n) is 7.01. The van der Waals surface area contributed by atoms with Gasteiger partial charge >= 0.3 is 0 Å². The Balaban J connectivity index is 3.22. The van der Waals surface area contributed by atoms with Crippen LogP contribution in [0, 0.1) is 11.8 Å². The molecule has 42 heavy (non-hydrogen) atoms. The van der Waals surface area contributed by atoms with E-state index in [4.69, 9.17) is 0 Å². The smallest absolute Gasteiger partial charge is 0.0443 e. The summed E-state index contributed by atoms with van der Waals surface area (Å²) in [5.74, 6) is 1.91. The number of hydrogen-bond acceptors (Lipinski definition) is 0. The maximum atomic E-state index is 2.52. The van der Waals surface area contributed by atoms with Crippen molar-refractivity contribution in [1.29, 1.82) is 0 Å². The minimum absolute atomic E-state index is 0.954. The number of rotatable bonds is 37. The third-order valence-corrected chi connectivity index (χ3v) is 10.2. The Kier molecular flexibility index (Phi) is 37.2. The van der Waals surface area contributed by atoms with Gasteiger partial charge in [-0.2, -0.15) is 0 Å². The Morgan fingerprint density at radius 1 is 0.214 bits per heavy atom. The van der Waals surface area contributed by atoms with Crippen molar-refractivity contribution in [3.8, 4) is 0 Å². The Labute approximate surface area is 270 Å². The van der Waals surface area contributed by atoms with E-state index in [-0.39, 0.29) is 0 Å². The molecule has 2 atom stereocenters. The van der Waals surface area contributed by atoms with Crippen LogP contribution in [-0.2, 0) is 0 Å². The summed E-state index contributed by atoms with van der Waals surface area (Å²) in [6.07, 6.45) is 53.1. The largest absolute Gasteiger partial charge is 0.0654 e. The van der Waals surface area contributed by atoms with Crippen LogP contribution in [0.3, 0.4) is 0 Å². The normalized spacial score (nSPS) is 13.1. The summed E-state index contributed by atoms with van der Waals surface area (Å²) < 4.78 is 0. The van der Waals surface area contributed by atoms with Gasteiger partial charge < -0.3 is 0 Å². The first-order valence-corrected chi connectivity index (χ1v) is 20.7. The van der Waals surface area contributed by atoms with Crippen molar-refractivity contribution in [3.05, 3.63) is 0 Å². The van der Waals surface area contributed by atoms with E-state index in [1.165, 1.54) is 231 Å². The van der Waals surface area contributed by atoms with E-state index < -0.39 is 0 Å². The molecule has 0 bridgehead atoms. The highest BCUT2D eigenvalue weighted by molar-refractivity contribution is 4.60. The highest BCUT2D eigenvalue weighted by Crippen LogP contribution is 2.22. The van der Waals surface area contributed by atoms with Gasteiger partial charge in [0.05, 0.1) is 0 Å². The van der Waals surface area contributed by atoms with Crippen LogP contribution >= 0.6 is 0 Å². The van der Waals surface area contributed by atoms with E-state index in [0.29, 0.717) is 0 Å². The van der Waals surface area contributed by atoms with Gasteiger partial charge in [0.25, 0.3) is 0 Å². The van der Waals surface area contributed by atoms with E-state index in [1.807, 2.05) is 0 Å². The van der Waals surface area contributed by atoms with Gasteiger partial charge in [0, 0.05) is 0 Å². The lowest BCUT2D eigenvalue weighted by atomic mass is 9.92. The zero-order chi connectivity index (χ0) is 30.6. The van der Waals surface area contributed by atoms with Crippen LogP contribution < -0.4 is 0 Å². The first kappa shape index (κ1) is 42.0. The van der Waals surface area contributed by atoms with E-state index in [1.54, 1.807) is 0 Å². The lowest BCUT2D eigenvalue weighted by Gasteiger charge is -2.14. The second kappa shape index (κ2) is 37.2. The molecule has 0 heteroatoms. The molecule has 0 aliphatic rings. The fourth-order valence-corrected chi connectivity index (χ4v) is 7.01. The quantitative estimate of drug-likeness (QED) is 0.0631. The first-order chi connectivity index (χ1) is 20.7. The highest BCUT2D eigenvalue weighted by Gasteiger charge is 2.06. The predicted molar refractivity (Wildman–Crippen MR) is 196 cm³/mol. The Hall–Kier alpha value is 0. The van der Waals surface area contributed by atoms with Crippen molar-refractivity contribution >= 4 is 0 Å². The summed E-state index contributed by atoms with van der Waals surface area (Å²) in [7, 11) is 0. The SMILES string of the molecule is CCCCCCCCCCCCCCCCCCCCCCCC(C)CCCC(C)CCCCCCCCCCCC. The molecule has 0 saturated heterocycles. The van der Waals surface area contributed by atoms with Crippen molar-refractivity contribution in [1.82, 2.24) is 0 Å². The topological polar surface area (TPSA) is 0 Å². The molecular formula is C42H86. The average Bonchev–Trinajstić information content (AvgIpc) is 2.99. The molecule has 0 nitrogen and oxygen atoms in total. The van der Waals surface area contributed by atoms with Gasteiger partial charge in [0.2, 0.25) is 0 Å². The predicted octanol–water partition coefficient (Wildman–Crippen LogP) is 16.3. The van der Waals surface area contributed by atoms with Crippen LogP contribution in [0.2, 0.25) is 0 Å². The minimum Gasteiger partial charge on any atom is -0.0654 e. The fraction of sp³-hybridized carbons (Fsp3) is 1.00. The van der Waals surface area contributed by atoms with Gasteiger partial charge in [-0.15, -0.1) is 0 Å². The second-order valence-corrected chi connectivity index (χ2v) is 15.0. The van der Waals surface area contributed by atoms with Gasteiger partial charge in [0.15, 0.2) is 0 Å². The van der Waals surface area contributed by atoms with Crippen LogP contribution in [0.5, 0.6) is 0 Å². The molecule has 0 aromatic rings. The van der Waals surface area contributed by atoms with Crippen LogP contribution in [0.15, 0.2) is 0 Å². The summed E-state index contributed by atoms with van der Waals surface area (Å²) in [5, 5.41) is 0. The molecule has 0 aromatic heterocycles. The molecule has 0 aliphatic carbocycles. The summed E-state index contributed by atoms with van der Waals surface area (Å²) in [5.41, 5.74) is 0. The van der Waals surface area contributed by atoms with Crippen LogP contribution in [0.4, 0.5) is 0 Å². The van der Waals surface area contributed by atoms with Gasteiger partial charge in [0.1, 0.15) is 0 Å². The molecule has 0 fully saturated rings. The summed E-state index contributed by atoms with van der Waals surface area (Å²) in [6, 6.07) is 0. The van der Waals surface area contributed by atoms with Crippen LogP contribution in [0.25, 0.3) is 0 Å². The molecule has 0 saturated carbocycles. The van der Waals surface area contributed by atoms with Gasteiger partial charge in [-0.05, 0) is 11.8 Å². The zero-order valence-corrected chi connectivity index (χ0v) is 30.6. The average molecular weight is 591 g/mol. The lowest BCUT2D eigenvalue weighted by molar-refractivity contribution is 0.390. The Morgan fingerprint density at radius 2 is 0.381 bits per heavy atom. The molecule has 0 amide bonds. The maximum absolute atomic E-state index is 2.52.